The molecular formula is C15H20N4O. The smallest absolute Gasteiger partial charge is 0.149 e. The van der Waals surface area contributed by atoms with Crippen LogP contribution in [0.1, 0.15) is 61.2 Å². The molecular weight excluding hydrogens is 252 g/mol. The van der Waals surface area contributed by atoms with Crippen LogP contribution in [-0.2, 0) is 19.4 Å². The van der Waals surface area contributed by atoms with E-state index in [2.05, 4.69) is 33.1 Å². The molecule has 0 spiro atoms. The number of aromatic nitrogens is 3. The van der Waals surface area contributed by atoms with Crippen molar-refractivity contribution >= 4 is 0 Å². The molecule has 2 atom stereocenters. The third kappa shape index (κ3) is 1.88. The number of furan rings is 1. The first-order valence-electron chi connectivity index (χ1n) is 7.57. The minimum absolute atomic E-state index is 0.222. The first kappa shape index (κ1) is 12.1. The van der Waals surface area contributed by atoms with E-state index in [9.17, 15) is 0 Å². The molecule has 2 aromatic rings. The van der Waals surface area contributed by atoms with Gasteiger partial charge < -0.3 is 14.3 Å². The second-order valence-electron chi connectivity index (χ2n) is 5.86. The average molecular weight is 272 g/mol. The second kappa shape index (κ2) is 4.74. The summed E-state index contributed by atoms with van der Waals surface area (Å²) in [5.74, 6) is 3.36. The van der Waals surface area contributed by atoms with E-state index in [-0.39, 0.29) is 6.04 Å². The molecule has 5 heteroatoms. The predicted octanol–water partition coefficient (Wildman–Crippen LogP) is 2.55. The van der Waals surface area contributed by atoms with Crippen molar-refractivity contribution < 1.29 is 4.42 Å². The molecule has 2 aliphatic rings. The van der Waals surface area contributed by atoms with Crippen LogP contribution < -0.4 is 5.32 Å². The molecule has 0 radical (unpaired) electrons. The zero-order valence-electron chi connectivity index (χ0n) is 11.8. The molecule has 2 aromatic heterocycles. The van der Waals surface area contributed by atoms with E-state index < -0.39 is 0 Å². The molecule has 106 valence electrons. The molecule has 0 bridgehead atoms. The molecule has 1 aliphatic heterocycles. The lowest BCUT2D eigenvalue weighted by atomic mass is 9.93. The standard InChI is InChI=1S/C15H20N4O/c1-10(15-18-17-14-6-3-8-19(14)15)16-12-4-2-5-13-11(12)7-9-20-13/h7,9-10,12,16H,2-6,8H2,1H3. The summed E-state index contributed by atoms with van der Waals surface area (Å²) in [7, 11) is 0. The minimum Gasteiger partial charge on any atom is -0.469 e. The van der Waals surface area contributed by atoms with E-state index >= 15 is 0 Å². The number of hydrogen-bond donors (Lipinski definition) is 1. The topological polar surface area (TPSA) is 55.9 Å². The monoisotopic (exact) mass is 272 g/mol. The van der Waals surface area contributed by atoms with Gasteiger partial charge in [-0.05, 0) is 32.3 Å². The molecule has 0 saturated heterocycles. The maximum atomic E-state index is 5.56. The molecule has 20 heavy (non-hydrogen) atoms. The zero-order chi connectivity index (χ0) is 13.5. The van der Waals surface area contributed by atoms with Gasteiger partial charge in [0.1, 0.15) is 17.4 Å². The Balaban J connectivity index is 1.55. The number of hydrogen-bond acceptors (Lipinski definition) is 4. The van der Waals surface area contributed by atoms with E-state index in [4.69, 9.17) is 4.42 Å². The SMILES string of the molecule is CC(NC1CCCc2occc21)c1nnc2n1CCC2. The molecule has 1 aliphatic carbocycles. The molecule has 3 heterocycles. The first-order valence-corrected chi connectivity index (χ1v) is 7.57. The highest BCUT2D eigenvalue weighted by Crippen LogP contribution is 2.32. The first-order chi connectivity index (χ1) is 9.83. The van der Waals surface area contributed by atoms with Crippen molar-refractivity contribution in [2.45, 2.75) is 57.7 Å². The zero-order valence-corrected chi connectivity index (χ0v) is 11.8. The second-order valence-corrected chi connectivity index (χ2v) is 5.86. The van der Waals surface area contributed by atoms with Gasteiger partial charge in [0.05, 0.1) is 12.3 Å². The van der Waals surface area contributed by atoms with Gasteiger partial charge in [-0.15, -0.1) is 10.2 Å². The van der Waals surface area contributed by atoms with Crippen LogP contribution in [0.3, 0.4) is 0 Å². The van der Waals surface area contributed by atoms with E-state index in [0.29, 0.717) is 6.04 Å². The van der Waals surface area contributed by atoms with Crippen LogP contribution in [0, 0.1) is 0 Å². The summed E-state index contributed by atoms with van der Waals surface area (Å²) in [4.78, 5) is 0. The van der Waals surface area contributed by atoms with Gasteiger partial charge in [-0.2, -0.15) is 0 Å². The fourth-order valence-electron chi connectivity index (χ4n) is 3.53. The summed E-state index contributed by atoms with van der Waals surface area (Å²) >= 11 is 0. The molecule has 1 N–H and O–H groups in total. The lowest BCUT2D eigenvalue weighted by molar-refractivity contribution is 0.374. The normalized spacial score (nSPS) is 22.6. The third-order valence-electron chi connectivity index (χ3n) is 4.53. The van der Waals surface area contributed by atoms with Crippen LogP contribution in [0.4, 0.5) is 0 Å². The molecule has 4 rings (SSSR count). The maximum Gasteiger partial charge on any atom is 0.149 e. The van der Waals surface area contributed by atoms with E-state index in [0.717, 1.165) is 43.2 Å². The highest BCUT2D eigenvalue weighted by atomic mass is 16.3. The van der Waals surface area contributed by atoms with Crippen LogP contribution in [0.25, 0.3) is 0 Å². The van der Waals surface area contributed by atoms with Crippen LogP contribution in [0.15, 0.2) is 16.7 Å². The summed E-state index contributed by atoms with van der Waals surface area (Å²) in [5, 5.41) is 12.4. The van der Waals surface area contributed by atoms with Crippen molar-refractivity contribution in [1.29, 1.82) is 0 Å². The van der Waals surface area contributed by atoms with Crippen LogP contribution in [-0.4, -0.2) is 14.8 Å². The average Bonchev–Trinajstić information content (AvgIpc) is 3.14. The highest BCUT2D eigenvalue weighted by molar-refractivity contribution is 5.24. The van der Waals surface area contributed by atoms with Gasteiger partial charge in [0.25, 0.3) is 0 Å². The molecule has 2 unspecified atom stereocenters. The lowest BCUT2D eigenvalue weighted by Gasteiger charge is -2.26. The molecule has 0 amide bonds. The molecule has 0 saturated carbocycles. The van der Waals surface area contributed by atoms with Crippen molar-refractivity contribution in [3.05, 3.63) is 35.3 Å². The van der Waals surface area contributed by atoms with Crippen molar-refractivity contribution in [2.24, 2.45) is 0 Å². The van der Waals surface area contributed by atoms with Gasteiger partial charge in [0, 0.05) is 31.0 Å². The maximum absolute atomic E-state index is 5.56. The number of nitrogens with one attached hydrogen (secondary N) is 1. The third-order valence-corrected chi connectivity index (χ3v) is 4.53. The highest BCUT2D eigenvalue weighted by Gasteiger charge is 2.27. The van der Waals surface area contributed by atoms with Gasteiger partial charge in [-0.25, -0.2) is 0 Å². The molecule has 0 fully saturated rings. The van der Waals surface area contributed by atoms with E-state index in [1.54, 1.807) is 0 Å². The Morgan fingerprint density at radius 3 is 3.25 bits per heavy atom. The van der Waals surface area contributed by atoms with Gasteiger partial charge in [0.2, 0.25) is 0 Å². The summed E-state index contributed by atoms with van der Waals surface area (Å²) in [6.07, 6.45) is 7.48. The van der Waals surface area contributed by atoms with Crippen LogP contribution in [0.2, 0.25) is 0 Å². The van der Waals surface area contributed by atoms with E-state index in [1.165, 1.54) is 18.4 Å². The van der Waals surface area contributed by atoms with Crippen molar-refractivity contribution in [3.8, 4) is 0 Å². The Bertz CT molecular complexity index is 615. The van der Waals surface area contributed by atoms with Crippen molar-refractivity contribution in [3.63, 3.8) is 0 Å². The summed E-state index contributed by atoms with van der Waals surface area (Å²) in [6.45, 7) is 3.25. The number of nitrogens with zero attached hydrogens (tertiary/aromatic N) is 3. The van der Waals surface area contributed by atoms with Crippen molar-refractivity contribution in [1.82, 2.24) is 20.1 Å². The Labute approximate surface area is 118 Å². The van der Waals surface area contributed by atoms with E-state index in [1.807, 2.05) is 6.26 Å². The summed E-state index contributed by atoms with van der Waals surface area (Å²) in [5.41, 5.74) is 1.32. The summed E-state index contributed by atoms with van der Waals surface area (Å²) < 4.78 is 7.83. The van der Waals surface area contributed by atoms with Gasteiger partial charge in [-0.3, -0.25) is 0 Å². The number of aryl methyl sites for hydroxylation is 2. The number of fused-ring (bicyclic) bond motifs is 2. The largest absolute Gasteiger partial charge is 0.469 e. The lowest BCUT2D eigenvalue weighted by Crippen LogP contribution is -2.28. The number of rotatable bonds is 3. The van der Waals surface area contributed by atoms with Crippen molar-refractivity contribution in [2.75, 3.05) is 0 Å². The summed E-state index contributed by atoms with van der Waals surface area (Å²) in [6, 6.07) is 2.70. The molecule has 5 nitrogen and oxygen atoms in total. The Morgan fingerprint density at radius 1 is 1.35 bits per heavy atom. The Morgan fingerprint density at radius 2 is 2.30 bits per heavy atom. The van der Waals surface area contributed by atoms with Gasteiger partial charge in [-0.1, -0.05) is 0 Å². The molecule has 0 aromatic carbocycles. The van der Waals surface area contributed by atoms with Gasteiger partial charge in [0.15, 0.2) is 0 Å². The Kier molecular flexibility index (Phi) is 2.88. The van der Waals surface area contributed by atoms with Crippen LogP contribution in [0.5, 0.6) is 0 Å². The quantitative estimate of drug-likeness (QED) is 0.933. The fourth-order valence-corrected chi connectivity index (χ4v) is 3.53. The van der Waals surface area contributed by atoms with Gasteiger partial charge >= 0.3 is 0 Å². The minimum atomic E-state index is 0.222. The van der Waals surface area contributed by atoms with Crippen LogP contribution >= 0.6 is 0 Å². The predicted molar refractivity (Wildman–Crippen MR) is 74.3 cm³/mol. The fraction of sp³-hybridized carbons (Fsp3) is 0.600. The Hall–Kier alpha value is -1.62.